The van der Waals surface area contributed by atoms with E-state index in [1.54, 1.807) is 0 Å². The zero-order valence-corrected chi connectivity index (χ0v) is 22.0. The van der Waals surface area contributed by atoms with Gasteiger partial charge in [0.05, 0.1) is 0 Å². The quantitative estimate of drug-likeness (QED) is 0.238. The molecular weight excluding hydrogens is 464 g/mol. The molecule has 23 heavy (non-hydrogen) atoms. The summed E-state index contributed by atoms with van der Waals surface area (Å²) >= 11 is 0. The predicted octanol–water partition coefficient (Wildman–Crippen LogP) is -13.3. The minimum absolute atomic E-state index is 0. The number of rotatable bonds is 0. The molecule has 0 aromatic carbocycles. The first-order valence-electron chi connectivity index (χ1n) is 2.69. The van der Waals surface area contributed by atoms with Gasteiger partial charge in [0.15, 0.2) is 0 Å². The SMILES string of the molecule is O=P([O-])([O-])[O-].O=P([O-])([O-])[O-].O=[Si]([O-])[O-].O=[Si]([O-])[O-].[Mg+2].[Mg+2].[Mg+2].[Mg+2].[Mg+2]. The maximum absolute atomic E-state index is 8.55. The van der Waals surface area contributed by atoms with Crippen LogP contribution in [0.4, 0.5) is 0 Å². The summed E-state index contributed by atoms with van der Waals surface area (Å²) in [6.45, 7) is 0. The van der Waals surface area contributed by atoms with Gasteiger partial charge in [-0.15, -0.1) is 0 Å². The zero-order valence-electron chi connectivity index (χ0n) is 11.1. The van der Waals surface area contributed by atoms with Crippen molar-refractivity contribution >= 4 is 149 Å². The van der Waals surface area contributed by atoms with Crippen molar-refractivity contribution in [2.24, 2.45) is 0 Å². The smallest absolute Gasteiger partial charge is 0.822 e. The Kier molecular flexibility index (Phi) is 80.5. The van der Waals surface area contributed by atoms with Gasteiger partial charge in [-0.1, -0.05) is 0 Å². The minimum Gasteiger partial charge on any atom is -0.822 e. The van der Waals surface area contributed by atoms with E-state index in [0.717, 1.165) is 0 Å². The van der Waals surface area contributed by atoms with E-state index in [-0.39, 0.29) is 115 Å². The molecule has 0 rings (SSSR count). The molecule has 14 nitrogen and oxygen atoms in total. The first kappa shape index (κ1) is 56.2. The molecule has 0 N–H and O–H groups in total. The third-order valence-electron chi connectivity index (χ3n) is 0. The molecule has 0 aliphatic heterocycles. The minimum atomic E-state index is -5.39. The Morgan fingerprint density at radius 2 is 0.478 bits per heavy atom. The first-order chi connectivity index (χ1) is 7.46. The third-order valence-corrected chi connectivity index (χ3v) is 0. The van der Waals surface area contributed by atoms with Gasteiger partial charge in [-0.05, 0) is 0 Å². The van der Waals surface area contributed by atoms with Crippen LogP contribution in [0, 0.1) is 0 Å². The molecule has 0 heterocycles. The van der Waals surface area contributed by atoms with Crippen molar-refractivity contribution in [1.29, 1.82) is 0 Å². The molecule has 0 saturated heterocycles. The Morgan fingerprint density at radius 1 is 0.478 bits per heavy atom. The number of hydrogen-bond acceptors (Lipinski definition) is 14. The van der Waals surface area contributed by atoms with Gasteiger partial charge in [-0.3, -0.25) is 0 Å². The molecular formula is Mg5O14P2Si2. The average molecular weight is 464 g/mol. The summed E-state index contributed by atoms with van der Waals surface area (Å²) in [7, 11) is -18.0. The van der Waals surface area contributed by atoms with E-state index in [4.69, 9.17) is 66.6 Å². The van der Waals surface area contributed by atoms with Crippen molar-refractivity contribution in [3.05, 3.63) is 0 Å². The molecule has 0 fully saturated rings. The monoisotopic (exact) mass is 462 g/mol. The van der Waals surface area contributed by atoms with Crippen LogP contribution in [0.2, 0.25) is 0 Å². The van der Waals surface area contributed by atoms with E-state index < -0.39 is 34.0 Å². The number of hydrogen-bond donors (Lipinski definition) is 0. The van der Waals surface area contributed by atoms with Gasteiger partial charge in [-0.25, -0.2) is 0 Å². The second-order valence-corrected chi connectivity index (χ2v) is 4.18. The fourth-order valence-electron chi connectivity index (χ4n) is 0. The van der Waals surface area contributed by atoms with Gasteiger partial charge in [-0.2, -0.15) is 15.6 Å². The van der Waals surface area contributed by atoms with Crippen LogP contribution in [0.1, 0.15) is 0 Å². The van der Waals surface area contributed by atoms with Crippen LogP contribution < -0.4 is 48.5 Å². The van der Waals surface area contributed by atoms with Gasteiger partial charge in [0.1, 0.15) is 0 Å². The topological polar surface area (TPSA) is 299 Å². The molecule has 0 bridgehead atoms. The summed E-state index contributed by atoms with van der Waals surface area (Å²) < 4.78 is 34.1. The van der Waals surface area contributed by atoms with E-state index >= 15 is 0 Å². The van der Waals surface area contributed by atoms with Crippen molar-refractivity contribution in [2.75, 3.05) is 0 Å². The van der Waals surface area contributed by atoms with Crippen molar-refractivity contribution in [3.8, 4) is 0 Å². The molecule has 0 aliphatic carbocycles. The molecule has 0 atom stereocenters. The Hall–Kier alpha value is 3.28. The molecule has 0 aliphatic rings. The summed E-state index contributed by atoms with van der Waals surface area (Å²) in [4.78, 5) is 85.4. The molecule has 112 valence electrons. The van der Waals surface area contributed by atoms with E-state index in [1.165, 1.54) is 0 Å². The zero-order chi connectivity index (χ0) is 16.2. The Balaban J connectivity index is -0.0000000152. The van der Waals surface area contributed by atoms with Crippen molar-refractivity contribution in [1.82, 2.24) is 0 Å². The third kappa shape index (κ3) is 1270. The molecule has 0 radical (unpaired) electrons. The molecule has 0 unspecified atom stereocenters. The van der Waals surface area contributed by atoms with Gasteiger partial charge in [0, 0.05) is 18.3 Å². The Morgan fingerprint density at radius 3 is 0.478 bits per heavy atom. The van der Waals surface area contributed by atoms with Crippen molar-refractivity contribution in [2.45, 2.75) is 0 Å². The van der Waals surface area contributed by atoms with Crippen LogP contribution in [0.3, 0.4) is 0 Å². The average Bonchev–Trinajstić information content (AvgIpc) is 1.70. The largest absolute Gasteiger partial charge is 2.00 e. The van der Waals surface area contributed by atoms with Gasteiger partial charge in [0.2, 0.25) is 0 Å². The van der Waals surface area contributed by atoms with Crippen molar-refractivity contribution in [3.63, 3.8) is 0 Å². The van der Waals surface area contributed by atoms with Crippen LogP contribution in [-0.4, -0.2) is 134 Å². The summed E-state index contributed by atoms with van der Waals surface area (Å²) in [5, 5.41) is 0. The molecule has 0 amide bonds. The summed E-state index contributed by atoms with van der Waals surface area (Å²) in [5.41, 5.74) is 0. The van der Waals surface area contributed by atoms with Gasteiger partial charge in [0.25, 0.3) is 0 Å². The standard InChI is InChI=1S/5Mg.2H3O4P.2O3Si/c;;;;;2*1-5(2,3)4;2*1-4(2)3/h;;;;;2*(H3,1,2,3,4);;/q5*+2;;;2*-2/p-6. The second-order valence-electron chi connectivity index (χ2n) is 1.39. The van der Waals surface area contributed by atoms with E-state index in [9.17, 15) is 0 Å². The van der Waals surface area contributed by atoms with Crippen LogP contribution in [0.15, 0.2) is 0 Å². The van der Waals surface area contributed by atoms with E-state index in [0.29, 0.717) is 0 Å². The molecule has 23 heteroatoms. The molecule has 0 spiro atoms. The summed E-state index contributed by atoms with van der Waals surface area (Å²) in [6, 6.07) is 0. The van der Waals surface area contributed by atoms with Crippen LogP contribution in [-0.2, 0) is 18.1 Å². The number of phosphoric acid groups is 2. The van der Waals surface area contributed by atoms with E-state index in [1.807, 2.05) is 0 Å². The Bertz CT molecular complexity index is 267. The molecule has 0 aromatic rings. The van der Waals surface area contributed by atoms with E-state index in [2.05, 4.69) is 0 Å². The first-order valence-corrected chi connectivity index (χ1v) is 8.06. The second kappa shape index (κ2) is 32.9. The molecule has 0 aromatic heterocycles. The van der Waals surface area contributed by atoms with Gasteiger partial charge < -0.3 is 66.6 Å². The summed E-state index contributed by atoms with van der Waals surface area (Å²) in [5.74, 6) is 0. The maximum atomic E-state index is 8.55. The predicted molar refractivity (Wildman–Crippen MR) is 56.9 cm³/mol. The maximum Gasteiger partial charge on any atom is 2.00 e. The van der Waals surface area contributed by atoms with Crippen LogP contribution in [0.5, 0.6) is 0 Å². The summed E-state index contributed by atoms with van der Waals surface area (Å²) in [6.07, 6.45) is 0. The van der Waals surface area contributed by atoms with Gasteiger partial charge >= 0.3 is 115 Å². The normalized spacial score (nSPS) is 7.22. The Labute approximate surface area is 213 Å². The fourth-order valence-corrected chi connectivity index (χ4v) is 0. The fraction of sp³-hybridized carbons (Fsp3) is 0. The van der Waals surface area contributed by atoms with Crippen LogP contribution >= 0.6 is 15.6 Å². The van der Waals surface area contributed by atoms with Crippen LogP contribution in [0.25, 0.3) is 0 Å². The molecule has 0 saturated carbocycles. The van der Waals surface area contributed by atoms with Crippen molar-refractivity contribution < 1.29 is 66.6 Å².